The number of hydrogen-bond donors (Lipinski definition) is 2. The van der Waals surface area contributed by atoms with Gasteiger partial charge in [0.2, 0.25) is 0 Å². The molecular formula is C2H6OS2. The third kappa shape index (κ3) is 4.66. The van der Waals surface area contributed by atoms with E-state index in [-0.39, 0.29) is 6.61 Å². The van der Waals surface area contributed by atoms with Crippen molar-refractivity contribution in [3.63, 3.8) is 0 Å². The lowest BCUT2D eigenvalue weighted by Crippen LogP contribution is -1.79. The van der Waals surface area contributed by atoms with Gasteiger partial charge in [-0.1, -0.05) is 10.8 Å². The first kappa shape index (κ1) is 5.66. The zero-order valence-corrected chi connectivity index (χ0v) is 4.43. The largest absolute Gasteiger partial charge is 0.395 e. The van der Waals surface area contributed by atoms with Crippen molar-refractivity contribution in [3.8, 4) is 0 Å². The molecule has 32 valence electrons. The van der Waals surface area contributed by atoms with Crippen LogP contribution >= 0.6 is 22.5 Å². The van der Waals surface area contributed by atoms with Crippen molar-refractivity contribution in [2.75, 3.05) is 12.4 Å². The summed E-state index contributed by atoms with van der Waals surface area (Å²) in [6, 6.07) is 0. The Morgan fingerprint density at radius 3 is 2.40 bits per heavy atom. The van der Waals surface area contributed by atoms with E-state index in [1.807, 2.05) is 0 Å². The van der Waals surface area contributed by atoms with Gasteiger partial charge in [-0.15, -0.1) is 11.7 Å². The van der Waals surface area contributed by atoms with Gasteiger partial charge in [-0.2, -0.15) is 0 Å². The van der Waals surface area contributed by atoms with Crippen LogP contribution in [-0.2, 0) is 0 Å². The Bertz CT molecular complexity index is 15.1. The van der Waals surface area contributed by atoms with Crippen LogP contribution < -0.4 is 0 Å². The Hall–Kier alpha value is 0.660. The summed E-state index contributed by atoms with van der Waals surface area (Å²) in [5.74, 6) is 0.725. The molecule has 0 aromatic carbocycles. The molecule has 0 aromatic heterocycles. The molecular weight excluding hydrogens is 104 g/mol. The summed E-state index contributed by atoms with van der Waals surface area (Å²) in [5, 5.41) is 8.00. The number of aliphatic hydroxyl groups is 1. The summed E-state index contributed by atoms with van der Waals surface area (Å²) in [4.78, 5) is 0. The summed E-state index contributed by atoms with van der Waals surface area (Å²) < 4.78 is 0. The van der Waals surface area contributed by atoms with Crippen LogP contribution in [0.1, 0.15) is 0 Å². The van der Waals surface area contributed by atoms with Gasteiger partial charge in [0.05, 0.1) is 6.61 Å². The van der Waals surface area contributed by atoms with Gasteiger partial charge >= 0.3 is 0 Å². The molecule has 5 heavy (non-hydrogen) atoms. The summed E-state index contributed by atoms with van der Waals surface area (Å²) >= 11 is 3.76. The van der Waals surface area contributed by atoms with Crippen LogP contribution in [0.25, 0.3) is 0 Å². The highest BCUT2D eigenvalue weighted by molar-refractivity contribution is 8.68. The van der Waals surface area contributed by atoms with E-state index in [0.29, 0.717) is 0 Å². The smallest absolute Gasteiger partial charge is 0.0530 e. The Kier molecular flexibility index (Phi) is 5.28. The number of thiol groups is 1. The third-order valence-corrected chi connectivity index (χ3v) is 1.10. The van der Waals surface area contributed by atoms with Crippen molar-refractivity contribution in [2.45, 2.75) is 0 Å². The van der Waals surface area contributed by atoms with Gasteiger partial charge in [0.15, 0.2) is 0 Å². The van der Waals surface area contributed by atoms with Crippen molar-refractivity contribution in [3.05, 3.63) is 0 Å². The van der Waals surface area contributed by atoms with Gasteiger partial charge in [-0.05, 0) is 0 Å². The maximum absolute atomic E-state index is 8.00. The Morgan fingerprint density at radius 1 is 1.80 bits per heavy atom. The highest BCUT2D eigenvalue weighted by Crippen LogP contribution is 2.00. The van der Waals surface area contributed by atoms with E-state index in [1.165, 1.54) is 10.8 Å². The molecule has 0 spiro atoms. The first-order chi connectivity index (χ1) is 2.41. The molecule has 0 rings (SSSR count). The fourth-order valence-electron chi connectivity index (χ4n) is 0.0408. The molecule has 0 atom stereocenters. The monoisotopic (exact) mass is 110 g/mol. The first-order valence-corrected chi connectivity index (χ1v) is 3.33. The molecule has 0 aromatic rings. The molecule has 0 aliphatic rings. The van der Waals surface area contributed by atoms with Crippen LogP contribution in [0.15, 0.2) is 0 Å². The van der Waals surface area contributed by atoms with Gasteiger partial charge < -0.3 is 5.11 Å². The van der Waals surface area contributed by atoms with E-state index in [0.717, 1.165) is 5.75 Å². The zero-order chi connectivity index (χ0) is 4.12. The average Bonchev–Trinajstić information content (AvgIpc) is 1.41. The van der Waals surface area contributed by atoms with Crippen LogP contribution in [0, 0.1) is 0 Å². The van der Waals surface area contributed by atoms with E-state index < -0.39 is 0 Å². The minimum atomic E-state index is 0.230. The van der Waals surface area contributed by atoms with Gasteiger partial charge in [0.1, 0.15) is 0 Å². The second-order valence-corrected chi connectivity index (χ2v) is 2.00. The number of aliphatic hydroxyl groups excluding tert-OH is 1. The Balaban J connectivity index is 2.19. The normalized spacial score (nSPS) is 8.40. The van der Waals surface area contributed by atoms with E-state index in [9.17, 15) is 0 Å². The van der Waals surface area contributed by atoms with Crippen LogP contribution in [0.3, 0.4) is 0 Å². The maximum Gasteiger partial charge on any atom is 0.0530 e. The summed E-state index contributed by atoms with van der Waals surface area (Å²) in [6.07, 6.45) is 0. The number of hydrogen-bond acceptors (Lipinski definition) is 3. The minimum Gasteiger partial charge on any atom is -0.395 e. The zero-order valence-electron chi connectivity index (χ0n) is 2.72. The quantitative estimate of drug-likeness (QED) is 0.400. The topological polar surface area (TPSA) is 20.2 Å². The molecule has 0 aliphatic carbocycles. The van der Waals surface area contributed by atoms with Gasteiger partial charge in [-0.3, -0.25) is 0 Å². The van der Waals surface area contributed by atoms with Crippen molar-refractivity contribution in [2.24, 2.45) is 0 Å². The van der Waals surface area contributed by atoms with Crippen LogP contribution in [0.2, 0.25) is 0 Å². The summed E-state index contributed by atoms with van der Waals surface area (Å²) in [6.45, 7) is 0.230. The molecule has 0 amide bonds. The van der Waals surface area contributed by atoms with E-state index in [2.05, 4.69) is 11.7 Å². The Labute approximate surface area is 40.6 Å². The summed E-state index contributed by atoms with van der Waals surface area (Å²) in [5.41, 5.74) is 0. The molecule has 0 radical (unpaired) electrons. The van der Waals surface area contributed by atoms with E-state index >= 15 is 0 Å². The first-order valence-electron chi connectivity index (χ1n) is 1.29. The van der Waals surface area contributed by atoms with Crippen molar-refractivity contribution < 1.29 is 5.11 Å². The van der Waals surface area contributed by atoms with Gasteiger partial charge in [0, 0.05) is 5.75 Å². The van der Waals surface area contributed by atoms with Crippen molar-refractivity contribution >= 4 is 22.5 Å². The molecule has 0 unspecified atom stereocenters. The predicted molar refractivity (Wildman–Crippen MR) is 28.5 cm³/mol. The highest BCUT2D eigenvalue weighted by atomic mass is 33.1. The molecule has 0 saturated carbocycles. The lowest BCUT2D eigenvalue weighted by atomic mass is 10.9. The van der Waals surface area contributed by atoms with Crippen molar-refractivity contribution in [1.82, 2.24) is 0 Å². The molecule has 1 N–H and O–H groups in total. The molecule has 0 fully saturated rings. The Morgan fingerprint density at radius 2 is 2.40 bits per heavy atom. The lowest BCUT2D eigenvalue weighted by molar-refractivity contribution is 0.323. The van der Waals surface area contributed by atoms with Gasteiger partial charge in [-0.25, -0.2) is 0 Å². The maximum atomic E-state index is 8.00. The predicted octanol–water partition coefficient (Wildman–Crippen LogP) is 0.557. The van der Waals surface area contributed by atoms with Gasteiger partial charge in [0.25, 0.3) is 0 Å². The molecule has 0 bridgehead atoms. The fraction of sp³-hybridized carbons (Fsp3) is 1.00. The molecule has 1 nitrogen and oxygen atoms in total. The molecule has 3 heteroatoms. The van der Waals surface area contributed by atoms with E-state index in [4.69, 9.17) is 5.11 Å². The third-order valence-electron chi connectivity index (χ3n) is 0.183. The fourth-order valence-corrected chi connectivity index (χ4v) is 0.367. The molecule has 0 heterocycles. The van der Waals surface area contributed by atoms with E-state index in [1.54, 1.807) is 0 Å². The minimum absolute atomic E-state index is 0.230. The van der Waals surface area contributed by atoms with Crippen molar-refractivity contribution in [1.29, 1.82) is 0 Å². The average molecular weight is 110 g/mol. The molecule has 0 saturated heterocycles. The van der Waals surface area contributed by atoms with Crippen LogP contribution in [0.4, 0.5) is 0 Å². The second kappa shape index (κ2) is 4.66. The standard InChI is InChI=1S/C2H6OS2/c3-1-2-5-4/h3-4H,1-2H2. The van der Waals surface area contributed by atoms with Crippen LogP contribution in [-0.4, -0.2) is 17.5 Å². The number of rotatable bonds is 2. The second-order valence-electron chi connectivity index (χ2n) is 0.557. The lowest BCUT2D eigenvalue weighted by Gasteiger charge is -1.78. The SMILES string of the molecule is OCCSS. The molecule has 0 aliphatic heterocycles. The highest BCUT2D eigenvalue weighted by Gasteiger charge is 1.70. The summed E-state index contributed by atoms with van der Waals surface area (Å²) in [7, 11) is 1.35. The van der Waals surface area contributed by atoms with Crippen LogP contribution in [0.5, 0.6) is 0 Å².